The summed E-state index contributed by atoms with van der Waals surface area (Å²) in [6, 6.07) is 0.510. The number of ether oxygens (including phenoxy) is 2. The number of amides is 2. The van der Waals surface area contributed by atoms with Crippen LogP contribution < -0.4 is 0 Å². The van der Waals surface area contributed by atoms with Gasteiger partial charge in [-0.3, -0.25) is 9.69 Å². The minimum Gasteiger partial charge on any atom is -0.450 e. The number of rotatable bonds is 3. The van der Waals surface area contributed by atoms with E-state index in [1.165, 1.54) is 0 Å². The molecule has 0 aliphatic carbocycles. The summed E-state index contributed by atoms with van der Waals surface area (Å²) in [6.07, 6.45) is 3.68. The van der Waals surface area contributed by atoms with E-state index in [-0.39, 0.29) is 17.9 Å². The molecule has 142 valence electrons. The second-order valence-corrected chi connectivity index (χ2v) is 7.19. The molecule has 0 aromatic carbocycles. The molecule has 3 saturated heterocycles. The van der Waals surface area contributed by atoms with Crippen molar-refractivity contribution in [3.8, 4) is 0 Å². The SMILES string of the molecule is CCOC(=O)N1CCC(N2CCCN(C(=O)C3CCOC3)CC2)CC1. The van der Waals surface area contributed by atoms with Crippen molar-refractivity contribution < 1.29 is 19.1 Å². The largest absolute Gasteiger partial charge is 0.450 e. The zero-order valence-electron chi connectivity index (χ0n) is 15.3. The van der Waals surface area contributed by atoms with E-state index >= 15 is 0 Å². The molecule has 3 aliphatic heterocycles. The lowest BCUT2D eigenvalue weighted by Crippen LogP contribution is -2.48. The van der Waals surface area contributed by atoms with Crippen LogP contribution in [0.2, 0.25) is 0 Å². The maximum atomic E-state index is 12.6. The Bertz CT molecular complexity index is 459. The molecule has 0 spiro atoms. The van der Waals surface area contributed by atoms with Gasteiger partial charge in [0.05, 0.1) is 19.1 Å². The van der Waals surface area contributed by atoms with Gasteiger partial charge >= 0.3 is 6.09 Å². The van der Waals surface area contributed by atoms with Crippen LogP contribution in [0.15, 0.2) is 0 Å². The maximum absolute atomic E-state index is 12.6. The van der Waals surface area contributed by atoms with Crippen LogP contribution >= 0.6 is 0 Å². The molecule has 2 amide bonds. The number of likely N-dealkylation sites (tertiary alicyclic amines) is 1. The third kappa shape index (κ3) is 4.64. The zero-order chi connectivity index (χ0) is 17.6. The average Bonchev–Trinajstić information content (AvgIpc) is 3.06. The summed E-state index contributed by atoms with van der Waals surface area (Å²) in [5, 5.41) is 0. The predicted molar refractivity (Wildman–Crippen MR) is 93.3 cm³/mol. The standard InChI is InChI=1S/C18H31N3O4/c1-2-25-18(23)21-9-4-16(5-10-21)19-7-3-8-20(12-11-19)17(22)15-6-13-24-14-15/h15-16H,2-14H2,1H3. The number of hydrogen-bond acceptors (Lipinski definition) is 5. The topological polar surface area (TPSA) is 62.3 Å². The molecule has 7 heteroatoms. The molecule has 3 heterocycles. The predicted octanol–water partition coefficient (Wildman–Crippen LogP) is 1.18. The molecule has 0 saturated carbocycles. The molecule has 7 nitrogen and oxygen atoms in total. The summed E-state index contributed by atoms with van der Waals surface area (Å²) in [5.74, 6) is 0.343. The van der Waals surface area contributed by atoms with E-state index in [2.05, 4.69) is 4.90 Å². The smallest absolute Gasteiger partial charge is 0.409 e. The molecule has 3 rings (SSSR count). The Hall–Kier alpha value is -1.34. The van der Waals surface area contributed by atoms with Gasteiger partial charge in [-0.25, -0.2) is 4.79 Å². The molecule has 0 aromatic heterocycles. The Morgan fingerprint density at radius 1 is 1.00 bits per heavy atom. The summed E-state index contributed by atoms with van der Waals surface area (Å²) in [4.78, 5) is 30.8. The van der Waals surface area contributed by atoms with Crippen molar-refractivity contribution in [1.29, 1.82) is 0 Å². The van der Waals surface area contributed by atoms with E-state index in [0.717, 1.165) is 71.6 Å². The van der Waals surface area contributed by atoms with Gasteiger partial charge in [0.1, 0.15) is 0 Å². The fourth-order valence-electron chi connectivity index (χ4n) is 4.14. The molecular weight excluding hydrogens is 322 g/mol. The number of piperidine rings is 1. The van der Waals surface area contributed by atoms with Crippen molar-refractivity contribution in [3.63, 3.8) is 0 Å². The van der Waals surface area contributed by atoms with Gasteiger partial charge in [0.25, 0.3) is 0 Å². The minimum absolute atomic E-state index is 0.0689. The van der Waals surface area contributed by atoms with Crippen molar-refractivity contribution >= 4 is 12.0 Å². The first kappa shape index (κ1) is 18.5. The van der Waals surface area contributed by atoms with Crippen LogP contribution in [0.25, 0.3) is 0 Å². The number of carbonyl (C=O) groups excluding carboxylic acids is 2. The first-order chi connectivity index (χ1) is 12.2. The van der Waals surface area contributed by atoms with Gasteiger partial charge in [-0.05, 0) is 32.6 Å². The fourth-order valence-corrected chi connectivity index (χ4v) is 4.14. The monoisotopic (exact) mass is 353 g/mol. The van der Waals surface area contributed by atoms with Crippen molar-refractivity contribution in [2.45, 2.75) is 38.6 Å². The highest BCUT2D eigenvalue weighted by Crippen LogP contribution is 2.21. The first-order valence-electron chi connectivity index (χ1n) is 9.71. The van der Waals surface area contributed by atoms with Crippen molar-refractivity contribution in [3.05, 3.63) is 0 Å². The van der Waals surface area contributed by atoms with Gasteiger partial charge in [-0.2, -0.15) is 0 Å². The Balaban J connectivity index is 1.45. The Kier molecular flexibility index (Phi) is 6.53. The van der Waals surface area contributed by atoms with Crippen molar-refractivity contribution in [1.82, 2.24) is 14.7 Å². The zero-order valence-corrected chi connectivity index (χ0v) is 15.3. The van der Waals surface area contributed by atoms with Crippen LogP contribution in [0.3, 0.4) is 0 Å². The van der Waals surface area contributed by atoms with Crippen LogP contribution in [-0.2, 0) is 14.3 Å². The highest BCUT2D eigenvalue weighted by Gasteiger charge is 2.32. The summed E-state index contributed by atoms with van der Waals surface area (Å²) in [6.45, 7) is 8.75. The van der Waals surface area contributed by atoms with Gasteiger partial charge in [-0.15, -0.1) is 0 Å². The molecule has 1 atom stereocenters. The van der Waals surface area contributed by atoms with Crippen LogP contribution in [0, 0.1) is 5.92 Å². The Morgan fingerprint density at radius 2 is 1.80 bits per heavy atom. The molecule has 3 aliphatic rings. The molecule has 0 aromatic rings. The fraction of sp³-hybridized carbons (Fsp3) is 0.889. The van der Waals surface area contributed by atoms with Crippen LogP contribution in [0.1, 0.15) is 32.6 Å². The Labute approximate surface area is 150 Å². The number of nitrogens with zero attached hydrogens (tertiary/aromatic N) is 3. The summed E-state index contributed by atoms with van der Waals surface area (Å²) >= 11 is 0. The van der Waals surface area contributed by atoms with Gasteiger partial charge in [-0.1, -0.05) is 0 Å². The van der Waals surface area contributed by atoms with E-state index in [1.54, 1.807) is 0 Å². The average molecular weight is 353 g/mol. The normalized spacial score (nSPS) is 26.5. The second-order valence-electron chi connectivity index (χ2n) is 7.19. The molecule has 0 radical (unpaired) electrons. The molecule has 3 fully saturated rings. The lowest BCUT2D eigenvalue weighted by atomic mass is 10.0. The highest BCUT2D eigenvalue weighted by molar-refractivity contribution is 5.79. The first-order valence-corrected chi connectivity index (χ1v) is 9.71. The maximum Gasteiger partial charge on any atom is 0.409 e. The molecule has 0 N–H and O–H groups in total. The van der Waals surface area contributed by atoms with Gasteiger partial charge in [0.2, 0.25) is 5.91 Å². The molecule has 1 unspecified atom stereocenters. The van der Waals surface area contributed by atoms with E-state index in [9.17, 15) is 9.59 Å². The molecule has 0 bridgehead atoms. The third-order valence-electron chi connectivity index (χ3n) is 5.63. The van der Waals surface area contributed by atoms with Crippen LogP contribution in [-0.4, -0.2) is 91.8 Å². The quantitative estimate of drug-likeness (QED) is 0.762. The van der Waals surface area contributed by atoms with Crippen molar-refractivity contribution in [2.24, 2.45) is 5.92 Å². The minimum atomic E-state index is -0.188. The molecule has 25 heavy (non-hydrogen) atoms. The van der Waals surface area contributed by atoms with Gasteiger partial charge in [0.15, 0.2) is 0 Å². The van der Waals surface area contributed by atoms with Gasteiger partial charge < -0.3 is 19.3 Å². The van der Waals surface area contributed by atoms with Crippen molar-refractivity contribution in [2.75, 3.05) is 59.1 Å². The third-order valence-corrected chi connectivity index (χ3v) is 5.63. The van der Waals surface area contributed by atoms with Crippen LogP contribution in [0.4, 0.5) is 4.79 Å². The lowest BCUT2D eigenvalue weighted by molar-refractivity contribution is -0.135. The van der Waals surface area contributed by atoms with E-state index in [4.69, 9.17) is 9.47 Å². The number of hydrogen-bond donors (Lipinski definition) is 0. The number of carbonyl (C=O) groups is 2. The van der Waals surface area contributed by atoms with Crippen LogP contribution in [0.5, 0.6) is 0 Å². The lowest BCUT2D eigenvalue weighted by Gasteiger charge is -2.37. The Morgan fingerprint density at radius 3 is 2.48 bits per heavy atom. The van der Waals surface area contributed by atoms with E-state index in [0.29, 0.717) is 19.3 Å². The summed E-state index contributed by atoms with van der Waals surface area (Å²) < 4.78 is 10.5. The summed E-state index contributed by atoms with van der Waals surface area (Å²) in [7, 11) is 0. The van der Waals surface area contributed by atoms with E-state index < -0.39 is 0 Å². The second kappa shape index (κ2) is 8.85. The molecular formula is C18H31N3O4. The van der Waals surface area contributed by atoms with E-state index in [1.807, 2.05) is 16.7 Å². The van der Waals surface area contributed by atoms with Gasteiger partial charge in [0, 0.05) is 51.9 Å². The summed E-state index contributed by atoms with van der Waals surface area (Å²) in [5.41, 5.74) is 0. The highest BCUT2D eigenvalue weighted by atomic mass is 16.6.